The van der Waals surface area contributed by atoms with Gasteiger partial charge in [-0.3, -0.25) is 0 Å². The Morgan fingerprint density at radius 2 is 1.94 bits per heavy atom. The molecule has 0 aromatic carbocycles. The molecule has 0 amide bonds. The van der Waals surface area contributed by atoms with E-state index >= 15 is 0 Å². The van der Waals surface area contributed by atoms with Crippen LogP contribution in [0.25, 0.3) is 0 Å². The van der Waals surface area contributed by atoms with Crippen LogP contribution in [0.15, 0.2) is 0 Å². The number of aliphatic hydroxyl groups excluding tert-OH is 1. The Kier molecular flexibility index (Phi) is 13.7. The first-order chi connectivity index (χ1) is 8.31. The van der Waals surface area contributed by atoms with Gasteiger partial charge in [-0.25, -0.2) is 0 Å². The molecule has 0 aromatic rings. The molecular weight excluding hydrogens is 222 g/mol. The summed E-state index contributed by atoms with van der Waals surface area (Å²) in [4.78, 5) is 0. The van der Waals surface area contributed by atoms with E-state index in [-0.39, 0.29) is 0 Å². The third-order valence-electron chi connectivity index (χ3n) is 2.19. The molecule has 5 nitrogen and oxygen atoms in total. The van der Waals surface area contributed by atoms with Crippen LogP contribution < -0.4 is 5.32 Å². The van der Waals surface area contributed by atoms with Crippen LogP contribution in [0.1, 0.15) is 19.8 Å². The molecule has 0 spiro atoms. The van der Waals surface area contributed by atoms with Crippen LogP contribution >= 0.6 is 0 Å². The summed E-state index contributed by atoms with van der Waals surface area (Å²) in [6, 6.07) is 0. The zero-order valence-electron chi connectivity index (χ0n) is 11.1. The van der Waals surface area contributed by atoms with E-state index in [1.165, 1.54) is 0 Å². The fourth-order valence-corrected chi connectivity index (χ4v) is 1.18. The van der Waals surface area contributed by atoms with Gasteiger partial charge in [-0.05, 0) is 6.42 Å². The molecule has 0 rings (SSSR count). The fourth-order valence-electron chi connectivity index (χ4n) is 1.18. The minimum Gasteiger partial charge on any atom is -0.389 e. The van der Waals surface area contributed by atoms with Crippen LogP contribution in [-0.4, -0.2) is 64.4 Å². The molecule has 0 aliphatic heterocycles. The number of unbranched alkanes of at least 4 members (excludes halogenated alkanes) is 1. The molecule has 0 saturated heterocycles. The molecule has 0 aliphatic carbocycles. The maximum Gasteiger partial charge on any atom is 0.0897 e. The maximum atomic E-state index is 9.54. The molecule has 104 valence electrons. The minimum atomic E-state index is -0.439. The predicted octanol–water partition coefficient (Wildman–Crippen LogP) is 0.417. The molecule has 0 saturated carbocycles. The highest BCUT2D eigenvalue weighted by Gasteiger charge is 2.02. The first-order valence-electron chi connectivity index (χ1n) is 6.34. The number of nitrogens with one attached hydrogen (secondary N) is 1. The third kappa shape index (κ3) is 13.7. The molecule has 1 unspecified atom stereocenters. The fraction of sp³-hybridized carbons (Fsp3) is 1.00. The monoisotopic (exact) mass is 249 g/mol. The molecular formula is C12H27NO4. The highest BCUT2D eigenvalue weighted by molar-refractivity contribution is 4.57. The van der Waals surface area contributed by atoms with E-state index in [1.807, 2.05) is 0 Å². The number of methoxy groups -OCH3 is 1. The van der Waals surface area contributed by atoms with Gasteiger partial charge in [-0.1, -0.05) is 13.3 Å². The zero-order valence-corrected chi connectivity index (χ0v) is 11.1. The Balaban J connectivity index is 3.08. The van der Waals surface area contributed by atoms with Gasteiger partial charge in [0.2, 0.25) is 0 Å². The summed E-state index contributed by atoms with van der Waals surface area (Å²) in [5.41, 5.74) is 0. The Hall–Kier alpha value is -0.200. The van der Waals surface area contributed by atoms with Crippen molar-refractivity contribution in [2.24, 2.45) is 0 Å². The smallest absolute Gasteiger partial charge is 0.0897 e. The maximum absolute atomic E-state index is 9.54. The molecule has 0 aromatic heterocycles. The highest BCUT2D eigenvalue weighted by atomic mass is 16.5. The lowest BCUT2D eigenvalue weighted by molar-refractivity contribution is 0.0334. The van der Waals surface area contributed by atoms with Crippen molar-refractivity contribution in [2.45, 2.75) is 25.9 Å². The van der Waals surface area contributed by atoms with Crippen LogP contribution in [0.4, 0.5) is 0 Å². The summed E-state index contributed by atoms with van der Waals surface area (Å²) >= 11 is 0. The number of hydrogen-bond donors (Lipinski definition) is 2. The van der Waals surface area contributed by atoms with Gasteiger partial charge in [0.25, 0.3) is 0 Å². The van der Waals surface area contributed by atoms with Crippen LogP contribution in [0.2, 0.25) is 0 Å². The van der Waals surface area contributed by atoms with E-state index in [9.17, 15) is 5.11 Å². The first kappa shape index (κ1) is 16.8. The molecule has 17 heavy (non-hydrogen) atoms. The summed E-state index contributed by atoms with van der Waals surface area (Å²) < 4.78 is 15.4. The average Bonchev–Trinajstić information content (AvgIpc) is 2.33. The Morgan fingerprint density at radius 3 is 2.65 bits per heavy atom. The number of ether oxygens (including phenoxy) is 3. The number of aliphatic hydroxyl groups is 1. The first-order valence-corrected chi connectivity index (χ1v) is 6.34. The van der Waals surface area contributed by atoms with E-state index < -0.39 is 6.10 Å². The molecule has 1 atom stereocenters. The van der Waals surface area contributed by atoms with E-state index in [0.717, 1.165) is 26.0 Å². The quantitative estimate of drug-likeness (QED) is 0.463. The minimum absolute atomic E-state index is 0.400. The van der Waals surface area contributed by atoms with Crippen LogP contribution in [0, 0.1) is 0 Å². The van der Waals surface area contributed by atoms with Crippen LogP contribution in [-0.2, 0) is 14.2 Å². The molecule has 0 aliphatic rings. The van der Waals surface area contributed by atoms with Crippen molar-refractivity contribution >= 4 is 0 Å². The van der Waals surface area contributed by atoms with Crippen molar-refractivity contribution in [2.75, 3.05) is 53.2 Å². The Labute approximate surface area is 104 Å². The number of rotatable bonds is 13. The van der Waals surface area contributed by atoms with Gasteiger partial charge in [-0.2, -0.15) is 0 Å². The Bertz CT molecular complexity index is 146. The summed E-state index contributed by atoms with van der Waals surface area (Å²) in [5.74, 6) is 0. The largest absolute Gasteiger partial charge is 0.389 e. The zero-order chi connectivity index (χ0) is 12.8. The highest BCUT2D eigenvalue weighted by Crippen LogP contribution is 1.90. The van der Waals surface area contributed by atoms with E-state index in [2.05, 4.69) is 12.2 Å². The van der Waals surface area contributed by atoms with Gasteiger partial charge >= 0.3 is 0 Å². The molecule has 2 N–H and O–H groups in total. The van der Waals surface area contributed by atoms with Gasteiger partial charge < -0.3 is 24.6 Å². The van der Waals surface area contributed by atoms with Crippen molar-refractivity contribution in [1.29, 1.82) is 0 Å². The van der Waals surface area contributed by atoms with Gasteiger partial charge in [0.1, 0.15) is 0 Å². The third-order valence-corrected chi connectivity index (χ3v) is 2.19. The summed E-state index contributed by atoms with van der Waals surface area (Å²) in [7, 11) is 1.65. The van der Waals surface area contributed by atoms with Gasteiger partial charge in [-0.15, -0.1) is 0 Å². The van der Waals surface area contributed by atoms with Crippen LogP contribution in [0.5, 0.6) is 0 Å². The Morgan fingerprint density at radius 1 is 1.12 bits per heavy atom. The lowest BCUT2D eigenvalue weighted by Crippen LogP contribution is -2.32. The van der Waals surface area contributed by atoms with Crippen molar-refractivity contribution < 1.29 is 19.3 Å². The second-order valence-electron chi connectivity index (χ2n) is 3.89. The van der Waals surface area contributed by atoms with Crippen molar-refractivity contribution in [3.05, 3.63) is 0 Å². The lowest BCUT2D eigenvalue weighted by Gasteiger charge is -2.12. The van der Waals surface area contributed by atoms with Gasteiger partial charge in [0.05, 0.1) is 32.5 Å². The normalized spacial score (nSPS) is 12.9. The summed E-state index contributed by atoms with van der Waals surface area (Å²) in [6.45, 7) is 6.38. The number of hydrogen-bond acceptors (Lipinski definition) is 5. The molecule has 0 bridgehead atoms. The van der Waals surface area contributed by atoms with Gasteiger partial charge in [0, 0.05) is 26.8 Å². The molecule has 0 radical (unpaired) electrons. The van der Waals surface area contributed by atoms with E-state index in [1.54, 1.807) is 7.11 Å². The molecule has 5 heteroatoms. The second-order valence-corrected chi connectivity index (χ2v) is 3.89. The van der Waals surface area contributed by atoms with Crippen molar-refractivity contribution in [3.63, 3.8) is 0 Å². The topological polar surface area (TPSA) is 60.0 Å². The summed E-state index contributed by atoms with van der Waals surface area (Å²) in [5, 5.41) is 12.6. The standard InChI is InChI=1S/C12H27NO4/c1-3-4-6-17-11-12(14)10-13-5-7-16-9-8-15-2/h12-14H,3-11H2,1-2H3. The average molecular weight is 249 g/mol. The SMILES string of the molecule is CCCCOCC(O)CNCCOCCOC. The predicted molar refractivity (Wildman–Crippen MR) is 67.3 cm³/mol. The molecule has 0 fully saturated rings. The van der Waals surface area contributed by atoms with Crippen molar-refractivity contribution in [3.8, 4) is 0 Å². The lowest BCUT2D eigenvalue weighted by atomic mass is 10.3. The van der Waals surface area contributed by atoms with Crippen molar-refractivity contribution in [1.82, 2.24) is 5.32 Å². The second kappa shape index (κ2) is 13.9. The summed E-state index contributed by atoms with van der Waals surface area (Å²) in [6.07, 6.45) is 1.73. The van der Waals surface area contributed by atoms with E-state index in [0.29, 0.717) is 33.0 Å². The van der Waals surface area contributed by atoms with Gasteiger partial charge in [0.15, 0.2) is 0 Å². The molecule has 0 heterocycles. The van der Waals surface area contributed by atoms with E-state index in [4.69, 9.17) is 14.2 Å². The van der Waals surface area contributed by atoms with Crippen LogP contribution in [0.3, 0.4) is 0 Å².